The minimum atomic E-state index is 0.544. The van der Waals surface area contributed by atoms with E-state index in [0.717, 1.165) is 11.0 Å². The molecular formula is C10H16BrN5. The van der Waals surface area contributed by atoms with Gasteiger partial charge < -0.3 is 11.1 Å². The lowest BCUT2D eigenvalue weighted by Gasteiger charge is -2.26. The molecule has 0 unspecified atom stereocenters. The minimum Gasteiger partial charge on any atom is -0.370 e. The summed E-state index contributed by atoms with van der Waals surface area (Å²) in [5.74, 6) is 0.552. The molecule has 16 heavy (non-hydrogen) atoms. The van der Waals surface area contributed by atoms with Gasteiger partial charge in [-0.15, -0.1) is 0 Å². The van der Waals surface area contributed by atoms with E-state index in [0.29, 0.717) is 18.5 Å². The van der Waals surface area contributed by atoms with Crippen molar-refractivity contribution in [1.82, 2.24) is 15.1 Å². The van der Waals surface area contributed by atoms with Crippen LogP contribution in [-0.2, 0) is 6.54 Å². The summed E-state index contributed by atoms with van der Waals surface area (Å²) in [4.78, 5) is 4.26. The number of hydrogen-bond acceptors (Lipinski definition) is 2. The zero-order valence-corrected chi connectivity index (χ0v) is 10.7. The quantitative estimate of drug-likeness (QED) is 0.643. The van der Waals surface area contributed by atoms with Crippen molar-refractivity contribution in [3.8, 4) is 0 Å². The van der Waals surface area contributed by atoms with E-state index in [1.807, 2.05) is 10.9 Å². The molecule has 0 saturated heterocycles. The molecule has 0 amide bonds. The number of nitrogens with one attached hydrogen (secondary N) is 1. The SMILES string of the molecule is NC(=NCCn1cc(Br)cn1)NC1CCC1. The number of nitrogens with zero attached hydrogens (tertiary/aromatic N) is 3. The summed E-state index contributed by atoms with van der Waals surface area (Å²) >= 11 is 3.35. The van der Waals surface area contributed by atoms with Gasteiger partial charge in [0.05, 0.1) is 23.8 Å². The van der Waals surface area contributed by atoms with Crippen LogP contribution in [0, 0.1) is 0 Å². The van der Waals surface area contributed by atoms with E-state index in [2.05, 4.69) is 31.3 Å². The number of guanidine groups is 1. The predicted molar refractivity (Wildman–Crippen MR) is 67.2 cm³/mol. The molecule has 1 aliphatic rings. The van der Waals surface area contributed by atoms with E-state index in [1.54, 1.807) is 6.20 Å². The van der Waals surface area contributed by atoms with Gasteiger partial charge in [-0.05, 0) is 35.2 Å². The van der Waals surface area contributed by atoms with Crippen molar-refractivity contribution < 1.29 is 0 Å². The van der Waals surface area contributed by atoms with Crippen molar-refractivity contribution in [2.24, 2.45) is 10.7 Å². The topological polar surface area (TPSA) is 68.2 Å². The second-order valence-corrected chi connectivity index (χ2v) is 4.88. The number of rotatable bonds is 4. The largest absolute Gasteiger partial charge is 0.370 e. The molecule has 5 nitrogen and oxygen atoms in total. The van der Waals surface area contributed by atoms with E-state index < -0.39 is 0 Å². The molecule has 0 spiro atoms. The minimum absolute atomic E-state index is 0.544. The maximum atomic E-state index is 5.75. The summed E-state index contributed by atoms with van der Waals surface area (Å²) in [6.45, 7) is 1.40. The van der Waals surface area contributed by atoms with Gasteiger partial charge in [0.25, 0.3) is 0 Å². The molecule has 0 aliphatic heterocycles. The molecule has 0 bridgehead atoms. The fourth-order valence-corrected chi connectivity index (χ4v) is 1.87. The second-order valence-electron chi connectivity index (χ2n) is 3.96. The standard InChI is InChI=1S/C10H16BrN5/c11-8-6-14-16(7-8)5-4-13-10(12)15-9-2-1-3-9/h6-7,9H,1-5H2,(H3,12,13,15). The third kappa shape index (κ3) is 3.23. The summed E-state index contributed by atoms with van der Waals surface area (Å²) < 4.78 is 2.82. The highest BCUT2D eigenvalue weighted by atomic mass is 79.9. The Morgan fingerprint density at radius 2 is 2.50 bits per heavy atom. The summed E-state index contributed by atoms with van der Waals surface area (Å²) in [7, 11) is 0. The Bertz CT molecular complexity index is 369. The Balaban J connectivity index is 1.71. The molecule has 2 rings (SSSR count). The molecule has 1 fully saturated rings. The highest BCUT2D eigenvalue weighted by Gasteiger charge is 2.16. The molecule has 0 radical (unpaired) electrons. The Labute approximate surface area is 103 Å². The summed E-state index contributed by atoms with van der Waals surface area (Å²) in [6, 6.07) is 0.544. The van der Waals surface area contributed by atoms with E-state index in [1.165, 1.54) is 19.3 Å². The van der Waals surface area contributed by atoms with E-state index in [-0.39, 0.29) is 0 Å². The molecule has 3 N–H and O–H groups in total. The summed E-state index contributed by atoms with van der Waals surface area (Å²) in [5, 5.41) is 7.34. The van der Waals surface area contributed by atoms with Gasteiger partial charge >= 0.3 is 0 Å². The normalized spacial score (nSPS) is 17.2. The Kier molecular flexibility index (Phi) is 3.82. The fourth-order valence-electron chi connectivity index (χ4n) is 1.54. The van der Waals surface area contributed by atoms with Crippen LogP contribution in [0.2, 0.25) is 0 Å². The smallest absolute Gasteiger partial charge is 0.188 e. The van der Waals surface area contributed by atoms with Gasteiger partial charge in [0.1, 0.15) is 0 Å². The van der Waals surface area contributed by atoms with Crippen molar-refractivity contribution in [2.75, 3.05) is 6.54 Å². The van der Waals surface area contributed by atoms with Crippen LogP contribution in [0.15, 0.2) is 21.9 Å². The van der Waals surface area contributed by atoms with Crippen molar-refractivity contribution in [3.63, 3.8) is 0 Å². The average Bonchev–Trinajstić information content (AvgIpc) is 2.58. The first-order chi connectivity index (χ1) is 7.74. The first kappa shape index (κ1) is 11.4. The van der Waals surface area contributed by atoms with Crippen molar-refractivity contribution in [2.45, 2.75) is 31.8 Å². The van der Waals surface area contributed by atoms with Gasteiger partial charge in [-0.2, -0.15) is 5.10 Å². The van der Waals surface area contributed by atoms with Crippen LogP contribution < -0.4 is 11.1 Å². The Morgan fingerprint density at radius 1 is 1.69 bits per heavy atom. The van der Waals surface area contributed by atoms with Gasteiger partial charge in [0.2, 0.25) is 0 Å². The lowest BCUT2D eigenvalue weighted by atomic mass is 9.93. The van der Waals surface area contributed by atoms with Gasteiger partial charge in [-0.25, -0.2) is 0 Å². The molecule has 1 heterocycles. The molecule has 6 heteroatoms. The maximum Gasteiger partial charge on any atom is 0.188 e. The Hall–Kier alpha value is -1.04. The molecule has 1 aromatic rings. The van der Waals surface area contributed by atoms with Gasteiger partial charge in [0, 0.05) is 12.2 Å². The van der Waals surface area contributed by atoms with E-state index >= 15 is 0 Å². The molecule has 1 aliphatic carbocycles. The molecule has 1 aromatic heterocycles. The number of nitrogens with two attached hydrogens (primary N) is 1. The fraction of sp³-hybridized carbons (Fsp3) is 0.600. The van der Waals surface area contributed by atoms with Crippen molar-refractivity contribution in [1.29, 1.82) is 0 Å². The highest BCUT2D eigenvalue weighted by Crippen LogP contribution is 2.17. The van der Waals surface area contributed by atoms with Crippen LogP contribution in [0.5, 0.6) is 0 Å². The first-order valence-corrected chi connectivity index (χ1v) is 6.28. The van der Waals surface area contributed by atoms with Crippen LogP contribution in [0.25, 0.3) is 0 Å². The predicted octanol–water partition coefficient (Wildman–Crippen LogP) is 1.10. The lowest BCUT2D eigenvalue weighted by molar-refractivity contribution is 0.382. The Morgan fingerprint density at radius 3 is 3.06 bits per heavy atom. The van der Waals surface area contributed by atoms with E-state index in [9.17, 15) is 0 Å². The first-order valence-electron chi connectivity index (χ1n) is 5.48. The number of aromatic nitrogens is 2. The average molecular weight is 286 g/mol. The molecule has 1 saturated carbocycles. The zero-order chi connectivity index (χ0) is 11.4. The van der Waals surface area contributed by atoms with Gasteiger partial charge in [-0.3, -0.25) is 9.67 Å². The summed E-state index contributed by atoms with van der Waals surface area (Å²) in [6.07, 6.45) is 7.40. The molecule has 0 atom stereocenters. The monoisotopic (exact) mass is 285 g/mol. The van der Waals surface area contributed by atoms with Crippen LogP contribution in [-0.4, -0.2) is 28.3 Å². The highest BCUT2D eigenvalue weighted by molar-refractivity contribution is 9.10. The zero-order valence-electron chi connectivity index (χ0n) is 9.06. The van der Waals surface area contributed by atoms with Gasteiger partial charge in [0.15, 0.2) is 5.96 Å². The molecular weight excluding hydrogens is 270 g/mol. The number of aliphatic imine (C=N–C) groups is 1. The third-order valence-corrected chi connectivity index (χ3v) is 3.08. The lowest BCUT2D eigenvalue weighted by Crippen LogP contribution is -2.43. The summed E-state index contributed by atoms with van der Waals surface area (Å²) in [5.41, 5.74) is 5.75. The van der Waals surface area contributed by atoms with Crippen LogP contribution in [0.1, 0.15) is 19.3 Å². The third-order valence-electron chi connectivity index (χ3n) is 2.67. The molecule has 0 aromatic carbocycles. The van der Waals surface area contributed by atoms with Crippen LogP contribution >= 0.6 is 15.9 Å². The molecule has 88 valence electrons. The van der Waals surface area contributed by atoms with Crippen molar-refractivity contribution >= 4 is 21.9 Å². The maximum absolute atomic E-state index is 5.75. The van der Waals surface area contributed by atoms with E-state index in [4.69, 9.17) is 5.73 Å². The number of halogens is 1. The van der Waals surface area contributed by atoms with Crippen LogP contribution in [0.3, 0.4) is 0 Å². The van der Waals surface area contributed by atoms with Gasteiger partial charge in [-0.1, -0.05) is 0 Å². The van der Waals surface area contributed by atoms with Crippen molar-refractivity contribution in [3.05, 3.63) is 16.9 Å². The number of hydrogen-bond donors (Lipinski definition) is 2. The second kappa shape index (κ2) is 5.34. The van der Waals surface area contributed by atoms with Crippen LogP contribution in [0.4, 0.5) is 0 Å².